The zero-order valence-corrected chi connectivity index (χ0v) is 14.7. The van der Waals surface area contributed by atoms with Crippen molar-refractivity contribution in [2.24, 2.45) is 0 Å². The molecule has 0 aliphatic carbocycles. The lowest BCUT2D eigenvalue weighted by atomic mass is 10.1. The van der Waals surface area contributed by atoms with E-state index in [1.165, 1.54) is 4.88 Å². The molecule has 1 N–H and O–H groups in total. The van der Waals surface area contributed by atoms with Gasteiger partial charge in [-0.3, -0.25) is 9.78 Å². The first-order valence-corrected chi connectivity index (χ1v) is 9.07. The van der Waals surface area contributed by atoms with Crippen LogP contribution in [0.1, 0.15) is 15.9 Å². The van der Waals surface area contributed by atoms with Crippen LogP contribution in [0.15, 0.2) is 83.1 Å². The molecule has 4 aromatic rings. The molecule has 0 atom stereocenters. The minimum absolute atomic E-state index is 0.0957. The Morgan fingerprint density at radius 1 is 1.04 bits per heavy atom. The number of carbonyl (C=O) groups excluding carboxylic acids is 1. The van der Waals surface area contributed by atoms with Crippen LogP contribution in [0.2, 0.25) is 0 Å². The van der Waals surface area contributed by atoms with E-state index in [1.54, 1.807) is 30.1 Å². The van der Waals surface area contributed by atoms with Gasteiger partial charge in [-0.15, -0.1) is 11.3 Å². The van der Waals surface area contributed by atoms with E-state index < -0.39 is 0 Å². The third-order valence-electron chi connectivity index (χ3n) is 4.05. The van der Waals surface area contributed by atoms with E-state index >= 15 is 0 Å². The Morgan fingerprint density at radius 2 is 1.92 bits per heavy atom. The highest BCUT2D eigenvalue weighted by Gasteiger charge is 2.07. The Bertz CT molecular complexity index is 974. The Kier molecular flexibility index (Phi) is 4.62. The van der Waals surface area contributed by atoms with Crippen molar-refractivity contribution in [3.05, 3.63) is 89.8 Å². The average molecular weight is 360 g/mol. The summed E-state index contributed by atoms with van der Waals surface area (Å²) >= 11 is 1.68. The topological polar surface area (TPSA) is 55.1 Å². The molecule has 4 nitrogen and oxygen atoms in total. The number of hydrogen-bond donors (Lipinski definition) is 1. The van der Waals surface area contributed by atoms with E-state index in [2.05, 4.69) is 16.4 Å². The van der Waals surface area contributed by atoms with Crippen LogP contribution >= 0.6 is 11.3 Å². The molecule has 3 aromatic heterocycles. The van der Waals surface area contributed by atoms with Gasteiger partial charge in [0.05, 0.1) is 18.2 Å². The smallest absolute Gasteiger partial charge is 0.251 e. The van der Waals surface area contributed by atoms with Gasteiger partial charge in [-0.2, -0.15) is 0 Å². The fraction of sp³-hybridized carbons (Fsp3) is 0.0476. The summed E-state index contributed by atoms with van der Waals surface area (Å²) in [5, 5.41) is 4.97. The summed E-state index contributed by atoms with van der Waals surface area (Å²) in [5.74, 6) is -0.0957. The number of hydrogen-bond acceptors (Lipinski definition) is 4. The van der Waals surface area contributed by atoms with Gasteiger partial charge in [0.25, 0.3) is 5.91 Å². The second kappa shape index (κ2) is 7.37. The Labute approximate surface area is 155 Å². The number of aromatic nitrogens is 1. The highest BCUT2D eigenvalue weighted by molar-refractivity contribution is 7.13. The second-order valence-corrected chi connectivity index (χ2v) is 6.75. The predicted molar refractivity (Wildman–Crippen MR) is 103 cm³/mol. The van der Waals surface area contributed by atoms with Crippen molar-refractivity contribution in [3.8, 4) is 21.7 Å². The van der Waals surface area contributed by atoms with Crippen molar-refractivity contribution in [1.29, 1.82) is 0 Å². The molecule has 0 aliphatic heterocycles. The zero-order chi connectivity index (χ0) is 17.8. The van der Waals surface area contributed by atoms with Gasteiger partial charge in [0.2, 0.25) is 0 Å². The maximum atomic E-state index is 12.3. The number of nitrogens with one attached hydrogen (secondary N) is 1. The van der Waals surface area contributed by atoms with Crippen molar-refractivity contribution in [2.45, 2.75) is 6.54 Å². The molecule has 3 heterocycles. The van der Waals surface area contributed by atoms with Gasteiger partial charge in [0.1, 0.15) is 0 Å². The lowest BCUT2D eigenvalue weighted by Gasteiger charge is -2.06. The molecule has 0 fully saturated rings. The summed E-state index contributed by atoms with van der Waals surface area (Å²) in [6.45, 7) is 0.435. The third kappa shape index (κ3) is 3.58. The number of benzene rings is 1. The SMILES string of the molecule is O=C(NCc1ccc(-c2ccoc2)nc1)c1ccc(-c2cccs2)cc1. The van der Waals surface area contributed by atoms with Gasteiger partial charge in [-0.25, -0.2) is 0 Å². The minimum atomic E-state index is -0.0957. The molecule has 128 valence electrons. The predicted octanol–water partition coefficient (Wildman–Crippen LogP) is 5.00. The molecule has 0 spiro atoms. The molecule has 1 amide bonds. The molecule has 4 rings (SSSR count). The lowest BCUT2D eigenvalue weighted by molar-refractivity contribution is 0.0951. The first-order valence-electron chi connectivity index (χ1n) is 8.19. The summed E-state index contributed by atoms with van der Waals surface area (Å²) in [6, 6.07) is 17.5. The van der Waals surface area contributed by atoms with E-state index in [0.29, 0.717) is 12.1 Å². The number of nitrogens with zero attached hydrogens (tertiary/aromatic N) is 1. The maximum absolute atomic E-state index is 12.3. The largest absolute Gasteiger partial charge is 0.472 e. The number of thiophene rings is 1. The van der Waals surface area contributed by atoms with E-state index in [-0.39, 0.29) is 5.91 Å². The lowest BCUT2D eigenvalue weighted by Crippen LogP contribution is -2.22. The second-order valence-electron chi connectivity index (χ2n) is 5.80. The van der Waals surface area contributed by atoms with Crippen LogP contribution in [0.5, 0.6) is 0 Å². The van der Waals surface area contributed by atoms with Gasteiger partial charge in [-0.1, -0.05) is 24.3 Å². The highest BCUT2D eigenvalue weighted by atomic mass is 32.1. The van der Waals surface area contributed by atoms with Crippen LogP contribution in [0.3, 0.4) is 0 Å². The number of furan rings is 1. The number of rotatable bonds is 5. The Morgan fingerprint density at radius 3 is 2.58 bits per heavy atom. The van der Waals surface area contributed by atoms with E-state index in [9.17, 15) is 4.79 Å². The van der Waals surface area contributed by atoms with E-state index in [1.807, 2.05) is 53.9 Å². The Hall–Kier alpha value is -3.18. The normalized spacial score (nSPS) is 10.6. The van der Waals surface area contributed by atoms with Crippen molar-refractivity contribution < 1.29 is 9.21 Å². The molecule has 5 heteroatoms. The monoisotopic (exact) mass is 360 g/mol. The molecule has 1 aromatic carbocycles. The summed E-state index contributed by atoms with van der Waals surface area (Å²) in [5.41, 5.74) is 4.49. The molecular formula is C21H16N2O2S. The average Bonchev–Trinajstić information content (AvgIpc) is 3.40. The van der Waals surface area contributed by atoms with Gasteiger partial charge in [0, 0.05) is 28.7 Å². The van der Waals surface area contributed by atoms with Gasteiger partial charge < -0.3 is 9.73 Å². The third-order valence-corrected chi connectivity index (χ3v) is 4.97. The molecule has 0 unspecified atom stereocenters. The summed E-state index contributed by atoms with van der Waals surface area (Å²) in [4.78, 5) is 17.9. The van der Waals surface area contributed by atoms with Crippen LogP contribution in [-0.2, 0) is 6.54 Å². The molecule has 26 heavy (non-hydrogen) atoms. The summed E-state index contributed by atoms with van der Waals surface area (Å²) < 4.78 is 5.06. The van der Waals surface area contributed by atoms with Gasteiger partial charge in [-0.05, 0) is 46.8 Å². The molecule has 0 saturated carbocycles. The van der Waals surface area contributed by atoms with Crippen LogP contribution in [-0.4, -0.2) is 10.9 Å². The number of amides is 1. The van der Waals surface area contributed by atoms with Crippen LogP contribution in [0.25, 0.3) is 21.7 Å². The minimum Gasteiger partial charge on any atom is -0.472 e. The first-order chi connectivity index (χ1) is 12.8. The van der Waals surface area contributed by atoms with Crippen molar-refractivity contribution >= 4 is 17.2 Å². The van der Waals surface area contributed by atoms with E-state index in [4.69, 9.17) is 4.42 Å². The first kappa shape index (κ1) is 16.3. The molecule has 0 radical (unpaired) electrons. The molecular weight excluding hydrogens is 344 g/mol. The van der Waals surface area contributed by atoms with Crippen molar-refractivity contribution in [2.75, 3.05) is 0 Å². The number of pyridine rings is 1. The zero-order valence-electron chi connectivity index (χ0n) is 13.9. The fourth-order valence-electron chi connectivity index (χ4n) is 2.62. The van der Waals surface area contributed by atoms with E-state index in [0.717, 1.165) is 22.4 Å². The quantitative estimate of drug-likeness (QED) is 0.545. The van der Waals surface area contributed by atoms with Gasteiger partial charge >= 0.3 is 0 Å². The number of carbonyl (C=O) groups is 1. The highest BCUT2D eigenvalue weighted by Crippen LogP contribution is 2.24. The van der Waals surface area contributed by atoms with Crippen LogP contribution < -0.4 is 5.32 Å². The standard InChI is InChI=1S/C21H16N2O2S/c24-21(17-6-4-16(5-7-17)20-2-1-11-26-20)23-13-15-3-8-19(22-12-15)18-9-10-25-14-18/h1-12,14H,13H2,(H,23,24). The fourth-order valence-corrected chi connectivity index (χ4v) is 3.36. The molecule has 0 bridgehead atoms. The summed E-state index contributed by atoms with van der Waals surface area (Å²) in [6.07, 6.45) is 5.04. The van der Waals surface area contributed by atoms with Crippen LogP contribution in [0.4, 0.5) is 0 Å². The van der Waals surface area contributed by atoms with Crippen molar-refractivity contribution in [3.63, 3.8) is 0 Å². The maximum Gasteiger partial charge on any atom is 0.251 e. The molecule has 0 saturated heterocycles. The Balaban J connectivity index is 1.37. The van der Waals surface area contributed by atoms with Crippen LogP contribution in [0, 0.1) is 0 Å². The summed E-state index contributed by atoms with van der Waals surface area (Å²) in [7, 11) is 0. The van der Waals surface area contributed by atoms with Crippen molar-refractivity contribution in [1.82, 2.24) is 10.3 Å². The molecule has 0 aliphatic rings. The van der Waals surface area contributed by atoms with Gasteiger partial charge in [0.15, 0.2) is 0 Å².